The lowest BCUT2D eigenvalue weighted by Gasteiger charge is -2.18. The van der Waals surface area contributed by atoms with Crippen molar-refractivity contribution in [3.63, 3.8) is 0 Å². The minimum atomic E-state index is 0.192. The summed E-state index contributed by atoms with van der Waals surface area (Å²) in [4.78, 5) is 0. The standard InChI is InChI=1S/C16H23N3/c1-6-14-10-15(19(5)18-14)16(17-4)13-8-7-11(2)12(3)9-13/h7-10,16-17H,6H2,1-5H3. The molecule has 0 saturated heterocycles. The molecule has 1 unspecified atom stereocenters. The second-order valence-electron chi connectivity index (χ2n) is 5.10. The number of benzene rings is 1. The summed E-state index contributed by atoms with van der Waals surface area (Å²) in [6, 6.07) is 9.02. The van der Waals surface area contributed by atoms with Crippen LogP contribution in [0, 0.1) is 13.8 Å². The Morgan fingerprint density at radius 1 is 1.21 bits per heavy atom. The molecule has 1 atom stereocenters. The quantitative estimate of drug-likeness (QED) is 0.912. The van der Waals surface area contributed by atoms with Gasteiger partial charge in [0.1, 0.15) is 0 Å². The fraction of sp³-hybridized carbons (Fsp3) is 0.438. The second-order valence-corrected chi connectivity index (χ2v) is 5.10. The minimum Gasteiger partial charge on any atom is -0.308 e. The minimum absolute atomic E-state index is 0.192. The van der Waals surface area contributed by atoms with Crippen LogP contribution in [0.4, 0.5) is 0 Å². The SMILES string of the molecule is CCc1cc(C(NC)c2ccc(C)c(C)c2)n(C)n1. The number of hydrogen-bond donors (Lipinski definition) is 1. The Balaban J connectivity index is 2.43. The molecule has 3 nitrogen and oxygen atoms in total. The van der Waals surface area contributed by atoms with Crippen molar-refractivity contribution < 1.29 is 0 Å². The largest absolute Gasteiger partial charge is 0.308 e. The number of nitrogens with one attached hydrogen (secondary N) is 1. The lowest BCUT2D eigenvalue weighted by Crippen LogP contribution is -2.20. The van der Waals surface area contributed by atoms with E-state index in [0.717, 1.165) is 12.1 Å². The average molecular weight is 257 g/mol. The van der Waals surface area contributed by atoms with Gasteiger partial charge in [0.05, 0.1) is 17.4 Å². The van der Waals surface area contributed by atoms with E-state index in [2.05, 4.69) is 55.5 Å². The highest BCUT2D eigenvalue weighted by Crippen LogP contribution is 2.24. The van der Waals surface area contributed by atoms with Crippen molar-refractivity contribution in [2.75, 3.05) is 7.05 Å². The molecule has 1 N–H and O–H groups in total. The summed E-state index contributed by atoms with van der Waals surface area (Å²) in [6.07, 6.45) is 0.969. The average Bonchev–Trinajstić information content (AvgIpc) is 2.76. The topological polar surface area (TPSA) is 29.9 Å². The van der Waals surface area contributed by atoms with Gasteiger partial charge in [0, 0.05) is 7.05 Å². The number of rotatable bonds is 4. The van der Waals surface area contributed by atoms with Crippen LogP contribution >= 0.6 is 0 Å². The maximum Gasteiger partial charge on any atom is 0.0745 e. The molecule has 0 aliphatic rings. The van der Waals surface area contributed by atoms with Gasteiger partial charge in [-0.25, -0.2) is 0 Å². The Morgan fingerprint density at radius 3 is 2.47 bits per heavy atom. The molecule has 0 fully saturated rings. The molecule has 0 aliphatic carbocycles. The molecule has 102 valence electrons. The van der Waals surface area contributed by atoms with E-state index in [-0.39, 0.29) is 6.04 Å². The van der Waals surface area contributed by atoms with Crippen LogP contribution in [0.5, 0.6) is 0 Å². The molecule has 1 heterocycles. The van der Waals surface area contributed by atoms with Crippen LogP contribution in [0.25, 0.3) is 0 Å². The maximum absolute atomic E-state index is 4.54. The zero-order valence-electron chi connectivity index (χ0n) is 12.5. The predicted molar refractivity (Wildman–Crippen MR) is 79.4 cm³/mol. The van der Waals surface area contributed by atoms with Crippen LogP contribution in [0.1, 0.15) is 41.0 Å². The van der Waals surface area contributed by atoms with Gasteiger partial charge in [0.15, 0.2) is 0 Å². The smallest absolute Gasteiger partial charge is 0.0745 e. The normalized spacial score (nSPS) is 12.7. The van der Waals surface area contributed by atoms with E-state index in [4.69, 9.17) is 0 Å². The van der Waals surface area contributed by atoms with Gasteiger partial charge in [-0.05, 0) is 50.1 Å². The monoisotopic (exact) mass is 257 g/mol. The van der Waals surface area contributed by atoms with Crippen molar-refractivity contribution in [1.82, 2.24) is 15.1 Å². The lowest BCUT2D eigenvalue weighted by atomic mass is 9.99. The highest BCUT2D eigenvalue weighted by atomic mass is 15.3. The van der Waals surface area contributed by atoms with E-state index in [1.54, 1.807) is 0 Å². The van der Waals surface area contributed by atoms with Crippen LogP contribution in [0.3, 0.4) is 0 Å². The highest BCUT2D eigenvalue weighted by Gasteiger charge is 2.17. The Bertz CT molecular complexity index is 569. The Kier molecular flexibility index (Phi) is 4.05. The van der Waals surface area contributed by atoms with Gasteiger partial charge in [-0.2, -0.15) is 5.10 Å². The second kappa shape index (κ2) is 5.57. The van der Waals surface area contributed by atoms with E-state index in [0.29, 0.717) is 0 Å². The summed E-state index contributed by atoms with van der Waals surface area (Å²) in [6.45, 7) is 6.44. The van der Waals surface area contributed by atoms with E-state index in [1.807, 2.05) is 18.8 Å². The summed E-state index contributed by atoms with van der Waals surface area (Å²) in [5.41, 5.74) is 6.30. The van der Waals surface area contributed by atoms with Crippen LogP contribution in [0.2, 0.25) is 0 Å². The molecule has 1 aromatic carbocycles. The summed E-state index contributed by atoms with van der Waals surface area (Å²) < 4.78 is 1.98. The van der Waals surface area contributed by atoms with Crippen LogP contribution in [-0.4, -0.2) is 16.8 Å². The summed E-state index contributed by atoms with van der Waals surface area (Å²) >= 11 is 0. The number of nitrogens with zero attached hydrogens (tertiary/aromatic N) is 2. The van der Waals surface area contributed by atoms with Crippen molar-refractivity contribution in [1.29, 1.82) is 0 Å². The third kappa shape index (κ3) is 2.71. The molecule has 0 bridgehead atoms. The molecule has 2 aromatic rings. The third-order valence-corrected chi connectivity index (χ3v) is 3.78. The Hall–Kier alpha value is -1.61. The molecule has 1 aromatic heterocycles. The van der Waals surface area contributed by atoms with Crippen molar-refractivity contribution >= 4 is 0 Å². The summed E-state index contributed by atoms with van der Waals surface area (Å²) in [5.74, 6) is 0. The zero-order valence-corrected chi connectivity index (χ0v) is 12.5. The molecule has 0 radical (unpaired) electrons. The van der Waals surface area contributed by atoms with Gasteiger partial charge < -0.3 is 5.32 Å². The zero-order chi connectivity index (χ0) is 14.0. The van der Waals surface area contributed by atoms with Crippen molar-refractivity contribution in [3.8, 4) is 0 Å². The number of hydrogen-bond acceptors (Lipinski definition) is 2. The maximum atomic E-state index is 4.54. The van der Waals surface area contributed by atoms with Crippen LogP contribution < -0.4 is 5.32 Å². The van der Waals surface area contributed by atoms with E-state index in [1.165, 1.54) is 22.4 Å². The van der Waals surface area contributed by atoms with Gasteiger partial charge >= 0.3 is 0 Å². The van der Waals surface area contributed by atoms with E-state index >= 15 is 0 Å². The number of aryl methyl sites for hydroxylation is 4. The molecule has 2 rings (SSSR count). The first kappa shape index (κ1) is 13.8. The molecule has 19 heavy (non-hydrogen) atoms. The van der Waals surface area contributed by atoms with Gasteiger partial charge in [0.25, 0.3) is 0 Å². The predicted octanol–water partition coefficient (Wildman–Crippen LogP) is 2.91. The van der Waals surface area contributed by atoms with Gasteiger partial charge in [0.2, 0.25) is 0 Å². The van der Waals surface area contributed by atoms with Crippen LogP contribution in [-0.2, 0) is 13.5 Å². The van der Waals surface area contributed by atoms with Crippen molar-refractivity contribution in [2.24, 2.45) is 7.05 Å². The molecule has 0 spiro atoms. The lowest BCUT2D eigenvalue weighted by molar-refractivity contribution is 0.603. The van der Waals surface area contributed by atoms with Crippen LogP contribution in [0.15, 0.2) is 24.3 Å². The first-order valence-electron chi connectivity index (χ1n) is 6.84. The molecule has 0 saturated carbocycles. The van der Waals surface area contributed by atoms with E-state index < -0.39 is 0 Å². The molecule has 3 heteroatoms. The molecular weight excluding hydrogens is 234 g/mol. The van der Waals surface area contributed by atoms with Gasteiger partial charge in [-0.3, -0.25) is 4.68 Å². The Labute approximate surface area is 115 Å². The van der Waals surface area contributed by atoms with Crippen molar-refractivity contribution in [3.05, 3.63) is 52.3 Å². The molecular formula is C16H23N3. The molecule has 0 aliphatic heterocycles. The van der Waals surface area contributed by atoms with Gasteiger partial charge in [-0.15, -0.1) is 0 Å². The first-order chi connectivity index (χ1) is 9.06. The highest BCUT2D eigenvalue weighted by molar-refractivity contribution is 5.35. The summed E-state index contributed by atoms with van der Waals surface area (Å²) in [7, 11) is 4.01. The first-order valence-corrected chi connectivity index (χ1v) is 6.84. The van der Waals surface area contributed by atoms with Gasteiger partial charge in [-0.1, -0.05) is 25.1 Å². The fourth-order valence-corrected chi connectivity index (χ4v) is 2.42. The summed E-state index contributed by atoms with van der Waals surface area (Å²) in [5, 5.41) is 7.94. The number of aromatic nitrogens is 2. The third-order valence-electron chi connectivity index (χ3n) is 3.78. The molecule has 0 amide bonds. The Morgan fingerprint density at radius 2 is 1.95 bits per heavy atom. The fourth-order valence-electron chi connectivity index (χ4n) is 2.42. The van der Waals surface area contributed by atoms with Crippen molar-refractivity contribution in [2.45, 2.75) is 33.2 Å². The van der Waals surface area contributed by atoms with E-state index in [9.17, 15) is 0 Å².